The molecule has 0 heterocycles. The van der Waals surface area contributed by atoms with Crippen molar-refractivity contribution in [1.82, 2.24) is 0 Å². The van der Waals surface area contributed by atoms with Gasteiger partial charge in [0.2, 0.25) is 11.8 Å². The van der Waals surface area contributed by atoms with Crippen LogP contribution in [0.25, 0.3) is 0 Å². The second kappa shape index (κ2) is 7.49. The molecule has 0 bridgehead atoms. The van der Waals surface area contributed by atoms with Gasteiger partial charge < -0.3 is 10.6 Å². The number of hydrogen-bond donors (Lipinski definition) is 2. The zero-order chi connectivity index (χ0) is 17.7. The molecular formula is C19H21ClN2O2. The van der Waals surface area contributed by atoms with Gasteiger partial charge in [0.25, 0.3) is 0 Å². The Morgan fingerprint density at radius 2 is 1.50 bits per heavy atom. The number of halogens is 1. The van der Waals surface area contributed by atoms with Crippen molar-refractivity contribution in [3.8, 4) is 0 Å². The van der Waals surface area contributed by atoms with Crippen LogP contribution < -0.4 is 10.6 Å². The SMILES string of the molecule is CC(C)(C)c1ccc(NC(=O)CC(=O)Nc2cccc(Cl)c2)cc1. The van der Waals surface area contributed by atoms with E-state index in [2.05, 4.69) is 31.4 Å². The fourth-order valence-electron chi connectivity index (χ4n) is 2.18. The molecule has 0 spiro atoms. The van der Waals surface area contributed by atoms with Crippen LogP contribution in [0.4, 0.5) is 11.4 Å². The van der Waals surface area contributed by atoms with E-state index in [9.17, 15) is 9.59 Å². The van der Waals surface area contributed by atoms with Crippen molar-refractivity contribution >= 4 is 34.8 Å². The smallest absolute Gasteiger partial charge is 0.233 e. The molecule has 0 unspecified atom stereocenters. The van der Waals surface area contributed by atoms with E-state index < -0.39 is 0 Å². The molecule has 0 radical (unpaired) electrons. The average Bonchev–Trinajstić information content (AvgIpc) is 2.46. The maximum Gasteiger partial charge on any atom is 0.233 e. The summed E-state index contributed by atoms with van der Waals surface area (Å²) in [4.78, 5) is 23.9. The Bertz CT molecular complexity index is 734. The molecule has 2 aromatic carbocycles. The van der Waals surface area contributed by atoms with Crippen LogP contribution in [-0.4, -0.2) is 11.8 Å². The average molecular weight is 345 g/mol. The molecule has 126 valence electrons. The van der Waals surface area contributed by atoms with Crippen LogP contribution in [0.3, 0.4) is 0 Å². The second-order valence-electron chi connectivity index (χ2n) is 6.61. The molecule has 0 saturated carbocycles. The third-order valence-corrected chi connectivity index (χ3v) is 3.70. The van der Waals surface area contributed by atoms with Crippen LogP contribution in [0.5, 0.6) is 0 Å². The summed E-state index contributed by atoms with van der Waals surface area (Å²) >= 11 is 5.86. The van der Waals surface area contributed by atoms with E-state index in [1.807, 2.05) is 24.3 Å². The maximum atomic E-state index is 12.0. The lowest BCUT2D eigenvalue weighted by Crippen LogP contribution is -2.21. The molecule has 0 atom stereocenters. The van der Waals surface area contributed by atoms with Crippen molar-refractivity contribution < 1.29 is 9.59 Å². The zero-order valence-corrected chi connectivity index (χ0v) is 14.8. The van der Waals surface area contributed by atoms with Crippen LogP contribution in [-0.2, 0) is 15.0 Å². The summed E-state index contributed by atoms with van der Waals surface area (Å²) in [7, 11) is 0. The van der Waals surface area contributed by atoms with Gasteiger partial charge in [-0.2, -0.15) is 0 Å². The first-order valence-electron chi connectivity index (χ1n) is 7.70. The van der Waals surface area contributed by atoms with Gasteiger partial charge in [-0.05, 0) is 41.3 Å². The van der Waals surface area contributed by atoms with Crippen LogP contribution in [0, 0.1) is 0 Å². The molecule has 2 amide bonds. The summed E-state index contributed by atoms with van der Waals surface area (Å²) in [5.41, 5.74) is 2.47. The molecule has 0 fully saturated rings. The third kappa shape index (κ3) is 5.39. The fraction of sp³-hybridized carbons (Fsp3) is 0.263. The molecule has 2 aromatic rings. The lowest BCUT2D eigenvalue weighted by molar-refractivity contribution is -0.123. The molecule has 5 heteroatoms. The summed E-state index contributed by atoms with van der Waals surface area (Å²) < 4.78 is 0. The van der Waals surface area contributed by atoms with Crippen LogP contribution in [0.2, 0.25) is 5.02 Å². The topological polar surface area (TPSA) is 58.2 Å². The first-order valence-corrected chi connectivity index (χ1v) is 8.08. The molecule has 2 rings (SSSR count). The summed E-state index contributed by atoms with van der Waals surface area (Å²) in [5.74, 6) is -0.751. The maximum absolute atomic E-state index is 12.0. The van der Waals surface area contributed by atoms with E-state index in [4.69, 9.17) is 11.6 Å². The normalized spacial score (nSPS) is 11.0. The van der Waals surface area contributed by atoms with Crippen molar-refractivity contribution in [2.24, 2.45) is 0 Å². The monoisotopic (exact) mass is 344 g/mol. The molecule has 24 heavy (non-hydrogen) atoms. The number of carbonyl (C=O) groups is 2. The largest absolute Gasteiger partial charge is 0.326 e. The first kappa shape index (κ1) is 18.0. The highest BCUT2D eigenvalue weighted by Crippen LogP contribution is 2.23. The Morgan fingerprint density at radius 3 is 2.04 bits per heavy atom. The summed E-state index contributed by atoms with van der Waals surface area (Å²) in [6.07, 6.45) is -0.256. The number of anilines is 2. The van der Waals surface area contributed by atoms with Gasteiger partial charge in [0.05, 0.1) is 0 Å². The van der Waals surface area contributed by atoms with Gasteiger partial charge in [0.15, 0.2) is 0 Å². The summed E-state index contributed by atoms with van der Waals surface area (Å²) in [6.45, 7) is 6.38. The van der Waals surface area contributed by atoms with Crippen LogP contribution >= 0.6 is 11.6 Å². The minimum atomic E-state index is -0.388. The van der Waals surface area contributed by atoms with Crippen molar-refractivity contribution in [1.29, 1.82) is 0 Å². The predicted molar refractivity (Wildman–Crippen MR) is 98.5 cm³/mol. The Balaban J connectivity index is 1.89. The highest BCUT2D eigenvalue weighted by atomic mass is 35.5. The molecule has 2 N–H and O–H groups in total. The molecule has 0 saturated heterocycles. The van der Waals surface area contributed by atoms with Gasteiger partial charge in [0, 0.05) is 16.4 Å². The number of nitrogens with one attached hydrogen (secondary N) is 2. The number of amides is 2. The Labute approximate surface area is 147 Å². The highest BCUT2D eigenvalue weighted by Gasteiger charge is 2.14. The van der Waals surface area contributed by atoms with E-state index in [1.165, 1.54) is 5.56 Å². The summed E-state index contributed by atoms with van der Waals surface area (Å²) in [6, 6.07) is 14.4. The minimum absolute atomic E-state index is 0.0549. The molecule has 0 aromatic heterocycles. The van der Waals surface area contributed by atoms with Crippen molar-refractivity contribution in [2.75, 3.05) is 10.6 Å². The van der Waals surface area contributed by atoms with Gasteiger partial charge in [-0.25, -0.2) is 0 Å². The first-order chi connectivity index (χ1) is 11.2. The Hall–Kier alpha value is -2.33. The number of benzene rings is 2. The van der Waals surface area contributed by atoms with Crippen molar-refractivity contribution in [3.05, 3.63) is 59.1 Å². The van der Waals surface area contributed by atoms with Gasteiger partial charge >= 0.3 is 0 Å². The molecule has 0 aliphatic heterocycles. The second-order valence-corrected chi connectivity index (χ2v) is 7.05. The summed E-state index contributed by atoms with van der Waals surface area (Å²) in [5, 5.41) is 5.89. The quantitative estimate of drug-likeness (QED) is 0.796. The predicted octanol–water partition coefficient (Wildman–Crippen LogP) is 4.60. The fourth-order valence-corrected chi connectivity index (χ4v) is 2.37. The van der Waals surface area contributed by atoms with Gasteiger partial charge in [-0.15, -0.1) is 0 Å². The van der Waals surface area contributed by atoms with E-state index in [1.54, 1.807) is 24.3 Å². The Kier molecular flexibility index (Phi) is 5.62. The Morgan fingerprint density at radius 1 is 0.917 bits per heavy atom. The lowest BCUT2D eigenvalue weighted by atomic mass is 9.87. The number of carbonyl (C=O) groups excluding carboxylic acids is 2. The van der Waals surface area contributed by atoms with Crippen LogP contribution in [0.1, 0.15) is 32.8 Å². The van der Waals surface area contributed by atoms with Crippen molar-refractivity contribution in [2.45, 2.75) is 32.6 Å². The third-order valence-electron chi connectivity index (χ3n) is 3.46. The van der Waals surface area contributed by atoms with Crippen molar-refractivity contribution in [3.63, 3.8) is 0 Å². The van der Waals surface area contributed by atoms with Gasteiger partial charge in [-0.3, -0.25) is 9.59 Å². The van der Waals surface area contributed by atoms with E-state index in [0.717, 1.165) is 0 Å². The van der Waals surface area contributed by atoms with E-state index in [-0.39, 0.29) is 23.7 Å². The molecular weight excluding hydrogens is 324 g/mol. The number of hydrogen-bond acceptors (Lipinski definition) is 2. The lowest BCUT2D eigenvalue weighted by Gasteiger charge is -2.19. The van der Waals surface area contributed by atoms with Gasteiger partial charge in [-0.1, -0.05) is 50.6 Å². The molecule has 4 nitrogen and oxygen atoms in total. The highest BCUT2D eigenvalue weighted by molar-refractivity contribution is 6.30. The van der Waals surface area contributed by atoms with Crippen LogP contribution in [0.15, 0.2) is 48.5 Å². The number of rotatable bonds is 4. The molecule has 0 aliphatic rings. The van der Waals surface area contributed by atoms with E-state index in [0.29, 0.717) is 16.4 Å². The standard InChI is InChI=1S/C19H21ClN2O2/c1-19(2,3)13-7-9-15(10-8-13)21-17(23)12-18(24)22-16-6-4-5-14(20)11-16/h4-11H,12H2,1-3H3,(H,21,23)(H,22,24). The van der Waals surface area contributed by atoms with Gasteiger partial charge in [0.1, 0.15) is 6.42 Å². The zero-order valence-electron chi connectivity index (χ0n) is 14.0. The van der Waals surface area contributed by atoms with E-state index >= 15 is 0 Å². The molecule has 0 aliphatic carbocycles. The minimum Gasteiger partial charge on any atom is -0.326 e.